The molecule has 0 saturated carbocycles. The summed E-state index contributed by atoms with van der Waals surface area (Å²) >= 11 is 5.84. The molecule has 2 aromatic heterocycles. The molecule has 0 aliphatic heterocycles. The van der Waals surface area contributed by atoms with Gasteiger partial charge in [-0.25, -0.2) is 4.98 Å². The molecule has 0 aromatic carbocycles. The number of rotatable bonds is 0. The Labute approximate surface area is 74.2 Å². The van der Waals surface area contributed by atoms with Gasteiger partial charge in [0.25, 0.3) is 0 Å². The Kier molecular flexibility index (Phi) is 1.48. The molecule has 0 saturated heterocycles. The molecule has 2 heterocycles. The zero-order valence-electron chi connectivity index (χ0n) is 6.45. The van der Waals surface area contributed by atoms with E-state index >= 15 is 0 Å². The van der Waals surface area contributed by atoms with E-state index in [9.17, 15) is 5.11 Å². The van der Waals surface area contributed by atoms with Crippen LogP contribution in [0.2, 0.25) is 5.15 Å². The van der Waals surface area contributed by atoms with Crippen LogP contribution in [0.4, 0.5) is 0 Å². The summed E-state index contributed by atoms with van der Waals surface area (Å²) in [7, 11) is 0. The van der Waals surface area contributed by atoms with Gasteiger partial charge >= 0.3 is 0 Å². The number of aromatic nitrogens is 2. The van der Waals surface area contributed by atoms with Gasteiger partial charge in [-0.05, 0) is 19.1 Å². The molecule has 3 nitrogen and oxygen atoms in total. The molecular weight excluding hydrogens is 176 g/mol. The van der Waals surface area contributed by atoms with Crippen LogP contribution in [0, 0.1) is 6.92 Å². The molecule has 62 valence electrons. The minimum atomic E-state index is 0.107. The van der Waals surface area contributed by atoms with Crippen molar-refractivity contribution in [2.45, 2.75) is 6.92 Å². The third-order valence-corrected chi connectivity index (χ3v) is 2.03. The first-order chi connectivity index (χ1) is 5.70. The van der Waals surface area contributed by atoms with Crippen molar-refractivity contribution in [2.24, 2.45) is 0 Å². The summed E-state index contributed by atoms with van der Waals surface area (Å²) in [6, 6.07) is 5.29. The highest BCUT2D eigenvalue weighted by Crippen LogP contribution is 2.22. The van der Waals surface area contributed by atoms with Gasteiger partial charge in [0, 0.05) is 0 Å². The number of aromatic hydroxyl groups is 1. The summed E-state index contributed by atoms with van der Waals surface area (Å²) in [5.74, 6) is 0.107. The number of hydrogen-bond donors (Lipinski definition) is 1. The number of fused-ring (bicyclic) bond motifs is 1. The van der Waals surface area contributed by atoms with E-state index in [2.05, 4.69) is 4.98 Å². The predicted molar refractivity (Wildman–Crippen MR) is 46.6 cm³/mol. The van der Waals surface area contributed by atoms with E-state index in [1.165, 1.54) is 4.40 Å². The van der Waals surface area contributed by atoms with Crippen molar-refractivity contribution in [1.29, 1.82) is 0 Å². The van der Waals surface area contributed by atoms with E-state index in [0.717, 1.165) is 0 Å². The van der Waals surface area contributed by atoms with Gasteiger partial charge in [-0.15, -0.1) is 0 Å². The predicted octanol–water partition coefficient (Wildman–Crippen LogP) is 2.00. The first-order valence-electron chi connectivity index (χ1n) is 3.52. The molecule has 1 N–H and O–H groups in total. The number of aryl methyl sites for hydroxylation is 1. The van der Waals surface area contributed by atoms with Gasteiger partial charge in [0.2, 0.25) is 5.88 Å². The maximum Gasteiger partial charge on any atom is 0.220 e. The molecule has 0 unspecified atom stereocenters. The largest absolute Gasteiger partial charge is 0.493 e. The molecule has 2 aromatic rings. The average molecular weight is 183 g/mol. The van der Waals surface area contributed by atoms with Crippen molar-refractivity contribution in [1.82, 2.24) is 9.38 Å². The fraction of sp³-hybridized carbons (Fsp3) is 0.125. The number of halogens is 1. The summed E-state index contributed by atoms with van der Waals surface area (Å²) in [5, 5.41) is 9.96. The third-order valence-electron chi connectivity index (χ3n) is 1.74. The molecule has 2 rings (SSSR count). The summed E-state index contributed by atoms with van der Waals surface area (Å²) < 4.78 is 1.50. The first-order valence-corrected chi connectivity index (χ1v) is 3.90. The van der Waals surface area contributed by atoms with Gasteiger partial charge in [0.1, 0.15) is 16.5 Å². The van der Waals surface area contributed by atoms with Crippen LogP contribution in [-0.4, -0.2) is 14.5 Å². The molecule has 4 heteroatoms. The quantitative estimate of drug-likeness (QED) is 0.633. The minimum absolute atomic E-state index is 0.107. The number of imidazole rings is 1. The second-order valence-electron chi connectivity index (χ2n) is 2.56. The van der Waals surface area contributed by atoms with Crippen LogP contribution >= 0.6 is 11.6 Å². The fourth-order valence-corrected chi connectivity index (χ4v) is 1.39. The van der Waals surface area contributed by atoms with Crippen LogP contribution < -0.4 is 0 Å². The van der Waals surface area contributed by atoms with E-state index < -0.39 is 0 Å². The van der Waals surface area contributed by atoms with E-state index in [1.54, 1.807) is 25.1 Å². The van der Waals surface area contributed by atoms with E-state index in [4.69, 9.17) is 11.6 Å². The second kappa shape index (κ2) is 2.38. The lowest BCUT2D eigenvalue weighted by atomic mass is 10.5. The highest BCUT2D eigenvalue weighted by Gasteiger charge is 2.07. The minimum Gasteiger partial charge on any atom is -0.493 e. The average Bonchev–Trinajstić information content (AvgIpc) is 2.29. The van der Waals surface area contributed by atoms with Crippen molar-refractivity contribution in [3.05, 3.63) is 29.0 Å². The lowest BCUT2D eigenvalue weighted by molar-refractivity contribution is 0.444. The van der Waals surface area contributed by atoms with Crippen LogP contribution in [0.15, 0.2) is 18.2 Å². The van der Waals surface area contributed by atoms with Crippen molar-refractivity contribution in [3.63, 3.8) is 0 Å². The fourth-order valence-electron chi connectivity index (χ4n) is 1.15. The maximum absolute atomic E-state index is 9.50. The molecule has 0 aliphatic rings. The molecule has 0 aliphatic carbocycles. The molecule has 12 heavy (non-hydrogen) atoms. The lowest BCUT2D eigenvalue weighted by Crippen LogP contribution is -1.84. The Morgan fingerprint density at radius 3 is 2.92 bits per heavy atom. The van der Waals surface area contributed by atoms with Gasteiger partial charge in [-0.3, -0.25) is 4.40 Å². The first kappa shape index (κ1) is 7.43. The topological polar surface area (TPSA) is 37.5 Å². The highest BCUT2D eigenvalue weighted by atomic mass is 35.5. The third kappa shape index (κ3) is 0.865. The summed E-state index contributed by atoms with van der Waals surface area (Å²) in [6.07, 6.45) is 0. The van der Waals surface area contributed by atoms with Crippen molar-refractivity contribution < 1.29 is 5.11 Å². The number of pyridine rings is 1. The van der Waals surface area contributed by atoms with Crippen LogP contribution in [0.1, 0.15) is 5.69 Å². The van der Waals surface area contributed by atoms with Crippen LogP contribution in [0.3, 0.4) is 0 Å². The standard InChI is InChI=1S/C8H7ClN2O/c1-5-8(12)11-6(9)3-2-4-7(11)10-5/h2-4,12H,1H3. The Morgan fingerprint density at radius 1 is 1.50 bits per heavy atom. The van der Waals surface area contributed by atoms with Crippen LogP contribution in [0.5, 0.6) is 5.88 Å². The smallest absolute Gasteiger partial charge is 0.220 e. The second-order valence-corrected chi connectivity index (χ2v) is 2.95. The molecule has 0 atom stereocenters. The van der Waals surface area contributed by atoms with Crippen molar-refractivity contribution in [2.75, 3.05) is 0 Å². The number of nitrogens with zero attached hydrogens (tertiary/aromatic N) is 2. The Hall–Kier alpha value is -1.22. The summed E-state index contributed by atoms with van der Waals surface area (Å²) in [4.78, 5) is 4.10. The molecule has 0 spiro atoms. The Morgan fingerprint density at radius 2 is 2.25 bits per heavy atom. The number of hydrogen-bond acceptors (Lipinski definition) is 2. The van der Waals surface area contributed by atoms with Crippen molar-refractivity contribution >= 4 is 17.2 Å². The van der Waals surface area contributed by atoms with Gasteiger partial charge in [-0.1, -0.05) is 17.7 Å². The summed E-state index contributed by atoms with van der Waals surface area (Å²) in [6.45, 7) is 1.73. The SMILES string of the molecule is Cc1nc2cccc(Cl)n2c1O. The molecule has 0 radical (unpaired) electrons. The maximum atomic E-state index is 9.50. The van der Waals surface area contributed by atoms with Crippen LogP contribution in [0.25, 0.3) is 5.65 Å². The van der Waals surface area contributed by atoms with Gasteiger partial charge in [0.15, 0.2) is 0 Å². The normalized spacial score (nSPS) is 10.8. The zero-order valence-corrected chi connectivity index (χ0v) is 7.21. The zero-order chi connectivity index (χ0) is 8.72. The van der Waals surface area contributed by atoms with Gasteiger partial charge in [0.05, 0.1) is 0 Å². The van der Waals surface area contributed by atoms with Crippen LogP contribution in [-0.2, 0) is 0 Å². The Bertz CT molecular complexity index is 436. The van der Waals surface area contributed by atoms with E-state index in [-0.39, 0.29) is 5.88 Å². The summed E-state index contributed by atoms with van der Waals surface area (Å²) in [5.41, 5.74) is 1.25. The van der Waals surface area contributed by atoms with Crippen molar-refractivity contribution in [3.8, 4) is 5.88 Å². The Balaban J connectivity index is 2.97. The monoisotopic (exact) mass is 182 g/mol. The molecule has 0 bridgehead atoms. The highest BCUT2D eigenvalue weighted by molar-refractivity contribution is 6.29. The van der Waals surface area contributed by atoms with Gasteiger partial charge in [-0.2, -0.15) is 0 Å². The van der Waals surface area contributed by atoms with Gasteiger partial charge < -0.3 is 5.11 Å². The molecule has 0 amide bonds. The van der Waals surface area contributed by atoms with E-state index in [0.29, 0.717) is 16.5 Å². The molecule has 0 fully saturated rings. The van der Waals surface area contributed by atoms with E-state index in [1.807, 2.05) is 0 Å². The molecular formula is C8H7ClN2O. The lowest BCUT2D eigenvalue weighted by Gasteiger charge is -1.96.